The van der Waals surface area contributed by atoms with Crippen LogP contribution in [-0.4, -0.2) is 25.0 Å². The van der Waals surface area contributed by atoms with Crippen LogP contribution in [0.5, 0.6) is 11.5 Å². The predicted molar refractivity (Wildman–Crippen MR) is 129 cm³/mol. The topological polar surface area (TPSA) is 64.6 Å². The summed E-state index contributed by atoms with van der Waals surface area (Å²) in [6.07, 6.45) is 2.12. The second-order valence-electron chi connectivity index (χ2n) is 8.84. The zero-order valence-corrected chi connectivity index (χ0v) is 18.9. The molecule has 1 aliphatic heterocycles. The number of hydrogen-bond acceptors (Lipinski definition) is 4. The largest absolute Gasteiger partial charge is 0.454 e. The number of carbonyl (C=O) groups excluding carboxylic acids is 2. The number of aryl methyl sites for hydroxylation is 1. The summed E-state index contributed by atoms with van der Waals surface area (Å²) in [5, 5.41) is 2.82. The van der Waals surface area contributed by atoms with Crippen LogP contribution < -0.4 is 14.8 Å². The number of ether oxygens (including phenoxy) is 2. The molecule has 5 nitrogen and oxygen atoms in total. The summed E-state index contributed by atoms with van der Waals surface area (Å²) < 4.78 is 10.9. The Bertz CT molecular complexity index is 1230. The molecule has 5 rings (SSSR count). The smallest absolute Gasteiger partial charge is 0.251 e. The van der Waals surface area contributed by atoms with E-state index in [1.165, 1.54) is 0 Å². The highest BCUT2D eigenvalue weighted by Gasteiger charge is 2.50. The van der Waals surface area contributed by atoms with E-state index in [0.717, 1.165) is 52.2 Å². The van der Waals surface area contributed by atoms with Gasteiger partial charge in [0, 0.05) is 20.0 Å². The van der Waals surface area contributed by atoms with Crippen LogP contribution in [0.1, 0.15) is 48.2 Å². The van der Waals surface area contributed by atoms with Crippen LogP contribution in [0.3, 0.4) is 0 Å². The lowest BCUT2D eigenvalue weighted by Crippen LogP contribution is -2.22. The van der Waals surface area contributed by atoms with Gasteiger partial charge in [0.15, 0.2) is 11.5 Å². The molecule has 170 valence electrons. The molecule has 1 fully saturated rings. The van der Waals surface area contributed by atoms with E-state index < -0.39 is 5.41 Å². The maximum Gasteiger partial charge on any atom is 0.251 e. The molecule has 1 N–H and O–H groups in total. The number of amides is 1. The first-order valence-corrected chi connectivity index (χ1v) is 11.4. The van der Waals surface area contributed by atoms with E-state index >= 15 is 0 Å². The summed E-state index contributed by atoms with van der Waals surface area (Å²) in [5.74, 6) is 1.63. The second-order valence-corrected chi connectivity index (χ2v) is 8.84. The van der Waals surface area contributed by atoms with Crippen LogP contribution >= 0.6 is 0 Å². The van der Waals surface area contributed by atoms with Crippen LogP contribution in [0.2, 0.25) is 0 Å². The van der Waals surface area contributed by atoms with Gasteiger partial charge in [-0.15, -0.1) is 0 Å². The minimum Gasteiger partial charge on any atom is -0.454 e. The highest BCUT2D eigenvalue weighted by Crippen LogP contribution is 2.51. The maximum atomic E-state index is 13.4. The molecule has 1 saturated carbocycles. The van der Waals surface area contributed by atoms with Crippen molar-refractivity contribution >= 4 is 11.7 Å². The van der Waals surface area contributed by atoms with Gasteiger partial charge < -0.3 is 14.8 Å². The van der Waals surface area contributed by atoms with Gasteiger partial charge in [-0.05, 0) is 78.8 Å². The summed E-state index contributed by atoms with van der Waals surface area (Å²) in [6.45, 7) is 4.80. The number of fused-ring (bicyclic) bond motifs is 1. The Kier molecular flexibility index (Phi) is 5.41. The molecular formula is C28H29NO4. The van der Waals surface area contributed by atoms with E-state index in [9.17, 15) is 9.59 Å². The van der Waals surface area contributed by atoms with Crippen LogP contribution in [0.25, 0.3) is 11.1 Å². The van der Waals surface area contributed by atoms with Crippen molar-refractivity contribution in [2.75, 3.05) is 13.3 Å². The molecule has 0 saturated heterocycles. The fourth-order valence-corrected chi connectivity index (χ4v) is 4.56. The molecule has 3 aromatic carbocycles. The van der Waals surface area contributed by atoms with E-state index in [0.29, 0.717) is 18.5 Å². The molecule has 1 aliphatic carbocycles. The van der Waals surface area contributed by atoms with Crippen LogP contribution in [0.15, 0.2) is 60.7 Å². The van der Waals surface area contributed by atoms with Crippen LogP contribution in [0, 0.1) is 6.92 Å². The standard InChI is InChI=1S/C28H27NO4.H2/c1-3-29-27(31)21-8-6-20(7-9-21)23-14-19(5-4-18(23)2)15-26(30)28(12-13-28)22-10-11-24-25(16-22)33-17-32-24;/h4-11,14,16H,3,12-13,15,17H2,1-2H3,(H,29,31);1H. The van der Waals surface area contributed by atoms with Crippen molar-refractivity contribution < 1.29 is 20.5 Å². The zero-order chi connectivity index (χ0) is 23.0. The summed E-state index contributed by atoms with van der Waals surface area (Å²) in [5.41, 5.74) is 5.49. The highest BCUT2D eigenvalue weighted by atomic mass is 16.7. The predicted octanol–water partition coefficient (Wildman–Crippen LogP) is 5.23. The lowest BCUT2D eigenvalue weighted by molar-refractivity contribution is -0.120. The van der Waals surface area contributed by atoms with Crippen LogP contribution in [0.4, 0.5) is 0 Å². The van der Waals surface area contributed by atoms with Gasteiger partial charge in [-0.3, -0.25) is 9.59 Å². The van der Waals surface area contributed by atoms with Gasteiger partial charge in [-0.25, -0.2) is 0 Å². The fourth-order valence-electron chi connectivity index (χ4n) is 4.56. The third-order valence-electron chi connectivity index (χ3n) is 6.67. The maximum absolute atomic E-state index is 13.4. The number of nitrogens with one attached hydrogen (secondary N) is 1. The van der Waals surface area contributed by atoms with Gasteiger partial charge in [-0.1, -0.05) is 36.4 Å². The lowest BCUT2D eigenvalue weighted by atomic mass is 9.87. The van der Waals surface area contributed by atoms with Crippen molar-refractivity contribution in [3.8, 4) is 22.6 Å². The van der Waals surface area contributed by atoms with Crippen molar-refractivity contribution in [3.63, 3.8) is 0 Å². The van der Waals surface area contributed by atoms with E-state index in [1.807, 2.05) is 55.5 Å². The molecular weight excluding hydrogens is 414 g/mol. The van der Waals surface area contributed by atoms with Crippen molar-refractivity contribution in [3.05, 3.63) is 82.9 Å². The van der Waals surface area contributed by atoms with Gasteiger partial charge >= 0.3 is 0 Å². The average Bonchev–Trinajstić information content (AvgIpc) is 3.51. The molecule has 0 unspecified atom stereocenters. The molecule has 1 heterocycles. The zero-order valence-electron chi connectivity index (χ0n) is 18.9. The number of carbonyl (C=O) groups is 2. The lowest BCUT2D eigenvalue weighted by Gasteiger charge is -2.16. The number of benzene rings is 3. The summed E-state index contributed by atoms with van der Waals surface area (Å²) in [7, 11) is 0. The Hall–Kier alpha value is -3.60. The van der Waals surface area contributed by atoms with Crippen LogP contribution in [-0.2, 0) is 16.6 Å². The van der Waals surface area contributed by atoms with E-state index in [1.54, 1.807) is 0 Å². The summed E-state index contributed by atoms with van der Waals surface area (Å²) in [6, 6.07) is 19.7. The third kappa shape index (κ3) is 3.99. The van der Waals surface area contributed by atoms with E-state index in [-0.39, 0.29) is 19.9 Å². The number of ketones is 1. The van der Waals surface area contributed by atoms with Crippen molar-refractivity contribution in [1.29, 1.82) is 0 Å². The fraction of sp³-hybridized carbons (Fsp3) is 0.286. The Morgan fingerprint density at radius 1 is 0.970 bits per heavy atom. The summed E-state index contributed by atoms with van der Waals surface area (Å²) >= 11 is 0. The molecule has 0 aromatic heterocycles. The molecule has 33 heavy (non-hydrogen) atoms. The highest BCUT2D eigenvalue weighted by molar-refractivity contribution is 5.95. The first kappa shape index (κ1) is 21.3. The van der Waals surface area contributed by atoms with Crippen molar-refractivity contribution in [2.24, 2.45) is 0 Å². The first-order chi connectivity index (χ1) is 16.0. The quantitative estimate of drug-likeness (QED) is 0.543. The Morgan fingerprint density at radius 2 is 1.73 bits per heavy atom. The van der Waals surface area contributed by atoms with Gasteiger partial charge in [-0.2, -0.15) is 0 Å². The SMILES string of the molecule is CCNC(=O)c1ccc(-c2cc(CC(=O)C3(c4ccc5c(c4)OCO5)CC3)ccc2C)cc1.[HH]. The van der Waals surface area contributed by atoms with Crippen molar-refractivity contribution in [1.82, 2.24) is 5.32 Å². The number of hydrogen-bond donors (Lipinski definition) is 1. The monoisotopic (exact) mass is 443 g/mol. The first-order valence-electron chi connectivity index (χ1n) is 11.4. The normalized spacial score (nSPS) is 15.2. The molecule has 1 amide bonds. The average molecular weight is 444 g/mol. The van der Waals surface area contributed by atoms with Crippen molar-refractivity contribution in [2.45, 2.75) is 38.5 Å². The Balaban J connectivity index is 0.00000274. The second kappa shape index (κ2) is 8.39. The molecule has 2 aliphatic rings. The molecule has 5 heteroatoms. The van der Waals surface area contributed by atoms with Gasteiger partial charge in [0.1, 0.15) is 5.78 Å². The minimum absolute atomic E-state index is 0. The minimum atomic E-state index is -0.416. The molecule has 0 atom stereocenters. The third-order valence-corrected chi connectivity index (χ3v) is 6.67. The van der Waals surface area contributed by atoms with E-state index in [2.05, 4.69) is 24.4 Å². The Labute approximate surface area is 195 Å². The van der Waals surface area contributed by atoms with Gasteiger partial charge in [0.25, 0.3) is 5.91 Å². The van der Waals surface area contributed by atoms with Gasteiger partial charge in [0.2, 0.25) is 6.79 Å². The summed E-state index contributed by atoms with van der Waals surface area (Å²) in [4.78, 5) is 25.4. The van der Waals surface area contributed by atoms with Gasteiger partial charge in [0.05, 0.1) is 5.41 Å². The molecule has 0 spiro atoms. The van der Waals surface area contributed by atoms with E-state index in [4.69, 9.17) is 9.47 Å². The number of Topliss-reactive ketones (excluding diaryl/α,β-unsaturated/α-hetero) is 1. The molecule has 3 aromatic rings. The Morgan fingerprint density at radius 3 is 2.45 bits per heavy atom. The number of rotatable bonds is 7. The molecule has 0 bridgehead atoms. The molecule has 0 radical (unpaired) electrons.